The van der Waals surface area contributed by atoms with E-state index in [2.05, 4.69) is 16.2 Å². The van der Waals surface area contributed by atoms with Gasteiger partial charge in [0.05, 0.1) is 0 Å². The number of carbonyl (C=O) groups excluding carboxylic acids is 1. The van der Waals surface area contributed by atoms with Gasteiger partial charge >= 0.3 is 0 Å². The number of carbonyl (C=O) groups is 1. The van der Waals surface area contributed by atoms with E-state index in [4.69, 9.17) is 4.89 Å². The van der Waals surface area contributed by atoms with E-state index in [-0.39, 0.29) is 12.7 Å². The minimum Gasteiger partial charge on any atom is -0.462 e. The largest absolute Gasteiger partial charge is 0.462 e. The summed E-state index contributed by atoms with van der Waals surface area (Å²) in [5.41, 5.74) is 0. The molecule has 4 heteroatoms. The highest BCUT2D eigenvalue weighted by molar-refractivity contribution is 5.37. The second kappa shape index (κ2) is 8.23. The summed E-state index contributed by atoms with van der Waals surface area (Å²) in [5, 5.41) is 0. The van der Waals surface area contributed by atoms with Gasteiger partial charge in [0, 0.05) is 0 Å². The highest BCUT2D eigenvalue weighted by atomic mass is 17.2. The molecule has 0 aliphatic heterocycles. The minimum atomic E-state index is -0.229. The van der Waals surface area contributed by atoms with Crippen molar-refractivity contribution in [3.63, 3.8) is 0 Å². The van der Waals surface area contributed by atoms with Gasteiger partial charge in [0.25, 0.3) is 6.47 Å². The lowest BCUT2D eigenvalue weighted by atomic mass is 10.3. The van der Waals surface area contributed by atoms with Crippen LogP contribution in [0.2, 0.25) is 0 Å². The zero-order valence-corrected chi connectivity index (χ0v) is 7.19. The molecule has 0 rings (SSSR count). The van der Waals surface area contributed by atoms with Crippen LogP contribution < -0.4 is 0 Å². The Balaban J connectivity index is 3.30. The van der Waals surface area contributed by atoms with Crippen LogP contribution in [0.15, 0.2) is 12.7 Å². The van der Waals surface area contributed by atoms with Crippen LogP contribution in [0.3, 0.4) is 0 Å². The van der Waals surface area contributed by atoms with E-state index in [1.54, 1.807) is 6.08 Å². The second-order valence-electron chi connectivity index (χ2n) is 2.12. The molecule has 0 fully saturated rings. The molecule has 0 bridgehead atoms. The molecule has 1 atom stereocenters. The van der Waals surface area contributed by atoms with E-state index in [9.17, 15) is 4.79 Å². The van der Waals surface area contributed by atoms with E-state index in [0.29, 0.717) is 19.5 Å². The fourth-order valence-electron chi connectivity index (χ4n) is 0.552. The molecule has 0 aliphatic rings. The van der Waals surface area contributed by atoms with E-state index < -0.39 is 0 Å². The quantitative estimate of drug-likeness (QED) is 0.181. The molecule has 4 nitrogen and oxygen atoms in total. The molecule has 0 saturated heterocycles. The Kier molecular flexibility index (Phi) is 7.63. The zero-order valence-electron chi connectivity index (χ0n) is 7.19. The van der Waals surface area contributed by atoms with Crippen LogP contribution >= 0.6 is 0 Å². The van der Waals surface area contributed by atoms with Crippen molar-refractivity contribution >= 4 is 6.47 Å². The average Bonchev–Trinajstić information content (AvgIpc) is 2.10. The number of rotatable bonds is 8. The van der Waals surface area contributed by atoms with Crippen molar-refractivity contribution in [2.45, 2.75) is 19.4 Å². The van der Waals surface area contributed by atoms with Gasteiger partial charge in [-0.2, -0.15) is 0 Å². The number of hydrogen-bond donors (Lipinski definition) is 0. The lowest BCUT2D eigenvalue weighted by molar-refractivity contribution is -0.297. The van der Waals surface area contributed by atoms with Crippen molar-refractivity contribution in [3.05, 3.63) is 12.7 Å². The monoisotopic (exact) mass is 174 g/mol. The van der Waals surface area contributed by atoms with Gasteiger partial charge in [-0.15, -0.1) is 6.58 Å². The summed E-state index contributed by atoms with van der Waals surface area (Å²) in [6.07, 6.45) is 2.05. The fourth-order valence-corrected chi connectivity index (χ4v) is 0.552. The molecule has 1 unspecified atom stereocenters. The van der Waals surface area contributed by atoms with Crippen molar-refractivity contribution in [2.24, 2.45) is 0 Å². The first-order valence-corrected chi connectivity index (χ1v) is 3.79. The molecular weight excluding hydrogens is 160 g/mol. The third-order valence-electron chi connectivity index (χ3n) is 1.23. The lowest BCUT2D eigenvalue weighted by Crippen LogP contribution is -2.18. The Hall–Kier alpha value is -0.870. The Morgan fingerprint density at radius 3 is 2.75 bits per heavy atom. The molecule has 0 aliphatic carbocycles. The molecule has 70 valence electrons. The summed E-state index contributed by atoms with van der Waals surface area (Å²) < 4.78 is 4.66. The topological polar surface area (TPSA) is 44.8 Å². The Bertz CT molecular complexity index is 124. The Morgan fingerprint density at radius 1 is 1.50 bits per heavy atom. The summed E-state index contributed by atoms with van der Waals surface area (Å²) in [6.45, 7) is 6.33. The third kappa shape index (κ3) is 5.88. The van der Waals surface area contributed by atoms with Crippen molar-refractivity contribution in [1.82, 2.24) is 0 Å². The molecule has 12 heavy (non-hydrogen) atoms. The van der Waals surface area contributed by atoms with Crippen molar-refractivity contribution in [2.75, 3.05) is 13.2 Å². The first-order chi connectivity index (χ1) is 5.85. The summed E-state index contributed by atoms with van der Waals surface area (Å²) in [7, 11) is 0. The molecule has 0 heterocycles. The van der Waals surface area contributed by atoms with Crippen LogP contribution in [-0.2, 0) is 19.3 Å². The van der Waals surface area contributed by atoms with Crippen molar-refractivity contribution in [1.29, 1.82) is 0 Å². The predicted molar refractivity (Wildman–Crippen MR) is 43.3 cm³/mol. The van der Waals surface area contributed by atoms with Crippen molar-refractivity contribution < 1.29 is 19.3 Å². The normalized spacial score (nSPS) is 12.1. The molecule has 0 N–H and O–H groups in total. The predicted octanol–water partition coefficient (Wildman–Crippen LogP) is 1.07. The van der Waals surface area contributed by atoms with Gasteiger partial charge in [0.15, 0.2) is 0 Å². The average molecular weight is 174 g/mol. The summed E-state index contributed by atoms with van der Waals surface area (Å²) >= 11 is 0. The van der Waals surface area contributed by atoms with Gasteiger partial charge in [-0.25, -0.2) is 9.78 Å². The molecule has 0 aromatic heterocycles. The molecular formula is C8H14O4. The maximum absolute atomic E-state index is 9.93. The van der Waals surface area contributed by atoms with E-state index in [1.807, 2.05) is 6.92 Å². The van der Waals surface area contributed by atoms with Gasteiger partial charge in [0.1, 0.15) is 19.3 Å². The van der Waals surface area contributed by atoms with E-state index >= 15 is 0 Å². The second-order valence-corrected chi connectivity index (χ2v) is 2.12. The lowest BCUT2D eigenvalue weighted by Gasteiger charge is -2.11. The molecule has 0 amide bonds. The van der Waals surface area contributed by atoms with Crippen LogP contribution in [0, 0.1) is 0 Å². The van der Waals surface area contributed by atoms with E-state index in [0.717, 1.165) is 0 Å². The third-order valence-corrected chi connectivity index (χ3v) is 1.23. The summed E-state index contributed by atoms with van der Waals surface area (Å²) in [5.74, 6) is 0. The number of hydrogen-bond acceptors (Lipinski definition) is 4. The fraction of sp³-hybridized carbons (Fsp3) is 0.625. The van der Waals surface area contributed by atoms with Crippen LogP contribution in [0.1, 0.15) is 13.3 Å². The highest BCUT2D eigenvalue weighted by Crippen LogP contribution is 1.97. The van der Waals surface area contributed by atoms with Gasteiger partial charge in [-0.05, 0) is 6.42 Å². The highest BCUT2D eigenvalue weighted by Gasteiger charge is 2.05. The van der Waals surface area contributed by atoms with Gasteiger partial charge in [0.2, 0.25) is 0 Å². The smallest absolute Gasteiger partial charge is 0.293 e. The Morgan fingerprint density at radius 2 is 2.25 bits per heavy atom. The Labute approximate surface area is 72.0 Å². The maximum atomic E-state index is 9.93. The molecule has 0 saturated carbocycles. The molecule has 0 aromatic rings. The zero-order chi connectivity index (χ0) is 9.23. The summed E-state index contributed by atoms with van der Waals surface area (Å²) in [4.78, 5) is 19.3. The van der Waals surface area contributed by atoms with Crippen LogP contribution in [0.25, 0.3) is 0 Å². The van der Waals surface area contributed by atoms with Crippen molar-refractivity contribution in [3.8, 4) is 0 Å². The molecule has 0 aromatic carbocycles. The van der Waals surface area contributed by atoms with Crippen LogP contribution in [0.4, 0.5) is 0 Å². The standard InChI is InChI=1S/C8H14O4/c1-3-5-11-12-6-8(4-2)10-7-9/h3,7-8H,1,4-6H2,2H3. The van der Waals surface area contributed by atoms with Crippen LogP contribution in [0.5, 0.6) is 0 Å². The maximum Gasteiger partial charge on any atom is 0.293 e. The number of ether oxygens (including phenoxy) is 1. The first kappa shape index (κ1) is 11.1. The molecule has 0 radical (unpaired) electrons. The van der Waals surface area contributed by atoms with Gasteiger partial charge < -0.3 is 4.74 Å². The summed E-state index contributed by atoms with van der Waals surface area (Å²) in [6, 6.07) is 0. The SMILES string of the molecule is C=CCOOCC(CC)OC=O. The minimum absolute atomic E-state index is 0.229. The van der Waals surface area contributed by atoms with E-state index in [1.165, 1.54) is 0 Å². The van der Waals surface area contributed by atoms with Crippen LogP contribution in [-0.4, -0.2) is 25.8 Å². The van der Waals surface area contributed by atoms with Gasteiger partial charge in [-0.1, -0.05) is 13.0 Å². The molecule has 0 spiro atoms. The first-order valence-electron chi connectivity index (χ1n) is 3.79. The van der Waals surface area contributed by atoms with Gasteiger partial charge in [-0.3, -0.25) is 4.79 Å².